The summed E-state index contributed by atoms with van der Waals surface area (Å²) in [5.74, 6) is 1.62. The van der Waals surface area contributed by atoms with E-state index in [4.69, 9.17) is 4.74 Å². The van der Waals surface area contributed by atoms with Gasteiger partial charge in [0, 0.05) is 23.9 Å². The second-order valence-corrected chi connectivity index (χ2v) is 5.17. The van der Waals surface area contributed by atoms with Gasteiger partial charge >= 0.3 is 0 Å². The molecule has 0 unspecified atom stereocenters. The largest absolute Gasteiger partial charge is 0.497 e. The summed E-state index contributed by atoms with van der Waals surface area (Å²) >= 11 is 0. The first kappa shape index (κ1) is 15.8. The number of methoxy groups -OCH3 is 1. The summed E-state index contributed by atoms with van der Waals surface area (Å²) in [5, 5.41) is 5.98. The van der Waals surface area contributed by atoms with E-state index in [1.54, 1.807) is 20.1 Å². The molecule has 0 saturated heterocycles. The fourth-order valence-corrected chi connectivity index (χ4v) is 1.93. The Hall–Kier alpha value is -2.63. The number of aryl methyl sites for hydroxylation is 1. The van der Waals surface area contributed by atoms with Crippen molar-refractivity contribution in [1.29, 1.82) is 0 Å². The van der Waals surface area contributed by atoms with E-state index in [2.05, 4.69) is 20.6 Å². The first-order chi connectivity index (χ1) is 10.5. The van der Waals surface area contributed by atoms with E-state index in [9.17, 15) is 4.79 Å². The highest BCUT2D eigenvalue weighted by atomic mass is 16.5. The maximum atomic E-state index is 12.1. The standard InChI is InChI=1S/C16H20N4O2/c1-10(2)17-16(21)14-9-15(19-11(3)18-14)20-12-6-5-7-13(8-12)22-4/h5-10H,1-4H3,(H,17,21)(H,18,19,20). The molecule has 0 aliphatic carbocycles. The number of amides is 1. The summed E-state index contributed by atoms with van der Waals surface area (Å²) in [4.78, 5) is 20.5. The van der Waals surface area contributed by atoms with Gasteiger partial charge in [-0.3, -0.25) is 4.79 Å². The van der Waals surface area contributed by atoms with Crippen LogP contribution >= 0.6 is 0 Å². The zero-order valence-electron chi connectivity index (χ0n) is 13.2. The zero-order valence-corrected chi connectivity index (χ0v) is 13.2. The van der Waals surface area contributed by atoms with Gasteiger partial charge in [-0.1, -0.05) is 6.07 Å². The number of ether oxygens (including phenoxy) is 1. The Morgan fingerprint density at radius 1 is 1.23 bits per heavy atom. The lowest BCUT2D eigenvalue weighted by Crippen LogP contribution is -2.31. The summed E-state index contributed by atoms with van der Waals surface area (Å²) < 4.78 is 5.19. The lowest BCUT2D eigenvalue weighted by molar-refractivity contribution is 0.0937. The second-order valence-electron chi connectivity index (χ2n) is 5.17. The molecule has 6 heteroatoms. The molecule has 0 atom stereocenters. The van der Waals surface area contributed by atoms with Gasteiger partial charge in [0.1, 0.15) is 23.1 Å². The number of nitrogens with one attached hydrogen (secondary N) is 2. The van der Waals surface area contributed by atoms with E-state index in [1.807, 2.05) is 38.1 Å². The van der Waals surface area contributed by atoms with Crippen molar-refractivity contribution in [3.8, 4) is 5.75 Å². The topological polar surface area (TPSA) is 76.1 Å². The number of carbonyl (C=O) groups is 1. The Morgan fingerprint density at radius 2 is 2.00 bits per heavy atom. The highest BCUT2D eigenvalue weighted by molar-refractivity contribution is 5.93. The van der Waals surface area contributed by atoms with E-state index in [1.165, 1.54) is 0 Å². The maximum absolute atomic E-state index is 12.1. The molecule has 2 aromatic rings. The molecule has 1 aromatic heterocycles. The monoisotopic (exact) mass is 300 g/mol. The van der Waals surface area contributed by atoms with Crippen LogP contribution in [0.25, 0.3) is 0 Å². The quantitative estimate of drug-likeness (QED) is 0.888. The second kappa shape index (κ2) is 6.89. The molecule has 0 bridgehead atoms. The minimum Gasteiger partial charge on any atom is -0.497 e. The average Bonchev–Trinajstić information content (AvgIpc) is 2.46. The van der Waals surface area contributed by atoms with Crippen LogP contribution in [-0.4, -0.2) is 29.0 Å². The zero-order chi connectivity index (χ0) is 16.1. The van der Waals surface area contributed by atoms with Crippen molar-refractivity contribution in [1.82, 2.24) is 15.3 Å². The van der Waals surface area contributed by atoms with Gasteiger partial charge < -0.3 is 15.4 Å². The van der Waals surface area contributed by atoms with E-state index in [0.717, 1.165) is 11.4 Å². The minimum absolute atomic E-state index is 0.0533. The Balaban J connectivity index is 2.24. The number of carbonyl (C=O) groups excluding carboxylic acids is 1. The van der Waals surface area contributed by atoms with Crippen LogP contribution in [-0.2, 0) is 0 Å². The number of aromatic nitrogens is 2. The summed E-state index contributed by atoms with van der Waals surface area (Å²) in [6, 6.07) is 9.17. The van der Waals surface area contributed by atoms with E-state index >= 15 is 0 Å². The summed E-state index contributed by atoms with van der Waals surface area (Å²) in [6.07, 6.45) is 0. The van der Waals surface area contributed by atoms with Gasteiger partial charge in [0.2, 0.25) is 0 Å². The maximum Gasteiger partial charge on any atom is 0.270 e. The average molecular weight is 300 g/mol. The van der Waals surface area contributed by atoms with Crippen molar-refractivity contribution in [3.05, 3.63) is 41.9 Å². The fourth-order valence-electron chi connectivity index (χ4n) is 1.93. The normalized spacial score (nSPS) is 10.4. The van der Waals surface area contributed by atoms with Crippen molar-refractivity contribution >= 4 is 17.4 Å². The molecule has 22 heavy (non-hydrogen) atoms. The molecule has 0 radical (unpaired) electrons. The van der Waals surface area contributed by atoms with Crippen LogP contribution in [0.1, 0.15) is 30.2 Å². The molecule has 6 nitrogen and oxygen atoms in total. The molecule has 116 valence electrons. The van der Waals surface area contributed by atoms with Crippen molar-refractivity contribution in [2.75, 3.05) is 12.4 Å². The number of anilines is 2. The Kier molecular flexibility index (Phi) is 4.93. The van der Waals surface area contributed by atoms with E-state index in [-0.39, 0.29) is 11.9 Å². The molecular formula is C16H20N4O2. The van der Waals surface area contributed by atoms with Crippen LogP contribution < -0.4 is 15.4 Å². The van der Waals surface area contributed by atoms with Crippen LogP contribution in [0.2, 0.25) is 0 Å². The van der Waals surface area contributed by atoms with Crippen molar-refractivity contribution in [2.45, 2.75) is 26.8 Å². The van der Waals surface area contributed by atoms with Crippen molar-refractivity contribution < 1.29 is 9.53 Å². The van der Waals surface area contributed by atoms with Gasteiger partial charge in [-0.15, -0.1) is 0 Å². The lowest BCUT2D eigenvalue weighted by Gasteiger charge is -2.11. The smallest absolute Gasteiger partial charge is 0.270 e. The Bertz CT molecular complexity index is 671. The molecule has 0 saturated carbocycles. The SMILES string of the molecule is COc1cccc(Nc2cc(C(=O)NC(C)C)nc(C)n2)c1. The molecule has 2 rings (SSSR count). The molecule has 0 spiro atoms. The highest BCUT2D eigenvalue weighted by Crippen LogP contribution is 2.20. The first-order valence-electron chi connectivity index (χ1n) is 7.05. The molecule has 0 fully saturated rings. The van der Waals surface area contributed by atoms with Crippen molar-refractivity contribution in [3.63, 3.8) is 0 Å². The lowest BCUT2D eigenvalue weighted by atomic mass is 10.3. The summed E-state index contributed by atoms with van der Waals surface area (Å²) in [6.45, 7) is 5.56. The number of benzene rings is 1. The van der Waals surface area contributed by atoms with Crippen LogP contribution in [0.5, 0.6) is 5.75 Å². The van der Waals surface area contributed by atoms with Crippen LogP contribution in [0, 0.1) is 6.92 Å². The van der Waals surface area contributed by atoms with Gasteiger partial charge in [0.15, 0.2) is 0 Å². The van der Waals surface area contributed by atoms with Gasteiger partial charge in [-0.05, 0) is 32.9 Å². The number of nitrogens with zero attached hydrogens (tertiary/aromatic N) is 2. The third-order valence-corrected chi connectivity index (χ3v) is 2.83. The Morgan fingerprint density at radius 3 is 2.68 bits per heavy atom. The molecule has 1 heterocycles. The van der Waals surface area contributed by atoms with Gasteiger partial charge in [-0.2, -0.15) is 0 Å². The van der Waals surface area contributed by atoms with Crippen LogP contribution in [0.4, 0.5) is 11.5 Å². The third kappa shape index (κ3) is 4.18. The minimum atomic E-state index is -0.214. The molecule has 0 aliphatic rings. The summed E-state index contributed by atoms with van der Waals surface area (Å²) in [7, 11) is 1.61. The number of hydrogen-bond donors (Lipinski definition) is 2. The van der Waals surface area contributed by atoms with Gasteiger partial charge in [-0.25, -0.2) is 9.97 Å². The molecule has 1 amide bonds. The number of rotatable bonds is 5. The van der Waals surface area contributed by atoms with Gasteiger partial charge in [0.05, 0.1) is 7.11 Å². The summed E-state index contributed by atoms with van der Waals surface area (Å²) in [5.41, 5.74) is 1.17. The van der Waals surface area contributed by atoms with Crippen LogP contribution in [0.3, 0.4) is 0 Å². The first-order valence-corrected chi connectivity index (χ1v) is 7.05. The molecule has 1 aromatic carbocycles. The van der Waals surface area contributed by atoms with E-state index in [0.29, 0.717) is 17.3 Å². The van der Waals surface area contributed by atoms with Crippen LogP contribution in [0.15, 0.2) is 30.3 Å². The molecule has 0 aliphatic heterocycles. The predicted molar refractivity (Wildman–Crippen MR) is 85.6 cm³/mol. The van der Waals surface area contributed by atoms with E-state index < -0.39 is 0 Å². The number of hydrogen-bond acceptors (Lipinski definition) is 5. The molecule has 2 N–H and O–H groups in total. The Labute approximate surface area is 129 Å². The van der Waals surface area contributed by atoms with Crippen molar-refractivity contribution in [2.24, 2.45) is 0 Å². The van der Waals surface area contributed by atoms with Gasteiger partial charge in [0.25, 0.3) is 5.91 Å². The molecular weight excluding hydrogens is 280 g/mol. The fraction of sp³-hybridized carbons (Fsp3) is 0.312. The highest BCUT2D eigenvalue weighted by Gasteiger charge is 2.11. The third-order valence-electron chi connectivity index (χ3n) is 2.83. The predicted octanol–water partition coefficient (Wildman–Crippen LogP) is 2.68.